The maximum Gasteiger partial charge on any atom is 0.255 e. The largest absolute Gasteiger partial charge is 0.494 e. The Balaban J connectivity index is 2.30. The molecule has 2 N–H and O–H groups in total. The van der Waals surface area contributed by atoms with Crippen molar-refractivity contribution in [3.63, 3.8) is 0 Å². The Morgan fingerprint density at radius 1 is 1.23 bits per heavy atom. The minimum atomic E-state index is -0.343. The van der Waals surface area contributed by atoms with Crippen molar-refractivity contribution in [1.82, 2.24) is 0 Å². The Morgan fingerprint density at radius 3 is 2.41 bits per heavy atom. The van der Waals surface area contributed by atoms with Gasteiger partial charge >= 0.3 is 0 Å². The molecule has 0 spiro atoms. The molecule has 0 radical (unpaired) electrons. The Bertz CT molecular complexity index is 694. The van der Waals surface area contributed by atoms with Crippen molar-refractivity contribution in [2.75, 3.05) is 12.4 Å². The Labute approximate surface area is 138 Å². The second kappa shape index (κ2) is 7.01. The van der Waals surface area contributed by atoms with Crippen LogP contribution in [0.25, 0.3) is 0 Å². The number of anilines is 1. The molecule has 1 amide bonds. The van der Waals surface area contributed by atoms with E-state index in [1.165, 1.54) is 19.2 Å². The number of amides is 1. The molecule has 22 heavy (non-hydrogen) atoms. The van der Waals surface area contributed by atoms with Crippen molar-refractivity contribution in [2.45, 2.75) is 13.5 Å². The lowest BCUT2D eigenvalue weighted by atomic mass is 10.1. The summed E-state index contributed by atoms with van der Waals surface area (Å²) in [6, 6.07) is 8.33. The number of aliphatic hydroxyl groups is 1. The molecule has 2 rings (SSSR count). The fourth-order valence-electron chi connectivity index (χ4n) is 1.98. The van der Waals surface area contributed by atoms with E-state index >= 15 is 0 Å². The quantitative estimate of drug-likeness (QED) is 0.883. The highest BCUT2D eigenvalue weighted by Gasteiger charge is 2.14. The maximum absolute atomic E-state index is 12.3. The number of halogens is 2. The molecule has 0 saturated heterocycles. The molecule has 2 aromatic rings. The summed E-state index contributed by atoms with van der Waals surface area (Å²) in [6.07, 6.45) is 0. The first-order valence-electron chi connectivity index (χ1n) is 6.51. The van der Waals surface area contributed by atoms with Gasteiger partial charge in [0.05, 0.1) is 23.8 Å². The van der Waals surface area contributed by atoms with E-state index in [1.807, 2.05) is 13.0 Å². The molecule has 0 aromatic heterocycles. The lowest BCUT2D eigenvalue weighted by molar-refractivity contribution is 0.102. The maximum atomic E-state index is 12.3. The van der Waals surface area contributed by atoms with Crippen molar-refractivity contribution >= 4 is 34.8 Å². The summed E-state index contributed by atoms with van der Waals surface area (Å²) in [5, 5.41) is 12.5. The van der Waals surface area contributed by atoms with E-state index in [-0.39, 0.29) is 22.6 Å². The van der Waals surface area contributed by atoms with Gasteiger partial charge in [0.2, 0.25) is 0 Å². The van der Waals surface area contributed by atoms with Gasteiger partial charge in [-0.1, -0.05) is 35.3 Å². The van der Waals surface area contributed by atoms with E-state index in [2.05, 4.69) is 5.32 Å². The third kappa shape index (κ3) is 3.53. The first-order chi connectivity index (χ1) is 10.5. The molecule has 0 aliphatic carbocycles. The SMILES string of the molecule is COc1c(Cl)cc(C(=O)Nc2cc(CO)ccc2C)cc1Cl. The van der Waals surface area contributed by atoms with Crippen LogP contribution in [0.15, 0.2) is 30.3 Å². The summed E-state index contributed by atoms with van der Waals surface area (Å²) < 4.78 is 5.05. The van der Waals surface area contributed by atoms with Crippen LogP contribution in [0.4, 0.5) is 5.69 Å². The number of hydrogen-bond acceptors (Lipinski definition) is 3. The molecule has 0 aliphatic rings. The lowest BCUT2D eigenvalue weighted by Gasteiger charge is -2.12. The molecule has 0 fully saturated rings. The molecule has 0 atom stereocenters. The molecule has 116 valence electrons. The van der Waals surface area contributed by atoms with Crippen molar-refractivity contribution in [1.29, 1.82) is 0 Å². The molecule has 0 bridgehead atoms. The molecule has 0 aliphatic heterocycles. The van der Waals surface area contributed by atoms with E-state index in [1.54, 1.807) is 12.1 Å². The van der Waals surface area contributed by atoms with E-state index in [0.717, 1.165) is 5.56 Å². The number of aliphatic hydroxyl groups excluding tert-OH is 1. The van der Waals surface area contributed by atoms with Gasteiger partial charge < -0.3 is 15.2 Å². The van der Waals surface area contributed by atoms with Crippen LogP contribution in [-0.4, -0.2) is 18.1 Å². The third-order valence-corrected chi connectivity index (χ3v) is 3.76. The molecular formula is C16H15Cl2NO3. The van der Waals surface area contributed by atoms with Gasteiger partial charge in [-0.05, 0) is 36.2 Å². The zero-order chi connectivity index (χ0) is 16.3. The van der Waals surface area contributed by atoms with Crippen LogP contribution >= 0.6 is 23.2 Å². The topological polar surface area (TPSA) is 58.6 Å². The number of benzene rings is 2. The van der Waals surface area contributed by atoms with Crippen LogP contribution in [0.1, 0.15) is 21.5 Å². The van der Waals surface area contributed by atoms with E-state index in [0.29, 0.717) is 22.6 Å². The first-order valence-corrected chi connectivity index (χ1v) is 7.26. The number of nitrogens with one attached hydrogen (secondary N) is 1. The van der Waals surface area contributed by atoms with Crippen LogP contribution in [0.3, 0.4) is 0 Å². The fourth-order valence-corrected chi connectivity index (χ4v) is 2.62. The van der Waals surface area contributed by atoms with Crippen LogP contribution in [0.5, 0.6) is 5.75 Å². The van der Waals surface area contributed by atoms with Gasteiger partial charge in [0, 0.05) is 11.3 Å². The van der Waals surface area contributed by atoms with E-state index < -0.39 is 0 Å². The van der Waals surface area contributed by atoms with Gasteiger partial charge in [0.25, 0.3) is 5.91 Å². The minimum absolute atomic E-state index is 0.0939. The smallest absolute Gasteiger partial charge is 0.255 e. The highest BCUT2D eigenvalue weighted by atomic mass is 35.5. The van der Waals surface area contributed by atoms with Gasteiger partial charge in [0.1, 0.15) is 0 Å². The predicted octanol–water partition coefficient (Wildman–Crippen LogP) is 4.06. The van der Waals surface area contributed by atoms with Gasteiger partial charge in [-0.3, -0.25) is 4.79 Å². The van der Waals surface area contributed by atoms with Crippen molar-refractivity contribution in [3.8, 4) is 5.75 Å². The summed E-state index contributed by atoms with van der Waals surface area (Å²) in [7, 11) is 1.45. The van der Waals surface area contributed by atoms with Crippen LogP contribution in [0.2, 0.25) is 10.0 Å². The summed E-state index contributed by atoms with van der Waals surface area (Å²) in [4.78, 5) is 12.3. The minimum Gasteiger partial charge on any atom is -0.494 e. The lowest BCUT2D eigenvalue weighted by Crippen LogP contribution is -2.13. The number of methoxy groups -OCH3 is 1. The molecule has 0 unspecified atom stereocenters. The summed E-state index contributed by atoms with van der Waals surface area (Å²) in [5.74, 6) is -0.0111. The van der Waals surface area contributed by atoms with Crippen LogP contribution in [0, 0.1) is 6.92 Å². The monoisotopic (exact) mass is 339 g/mol. The average Bonchev–Trinajstić information content (AvgIpc) is 2.49. The van der Waals surface area contributed by atoms with E-state index in [9.17, 15) is 9.90 Å². The molecule has 0 saturated carbocycles. The fraction of sp³-hybridized carbons (Fsp3) is 0.188. The predicted molar refractivity (Wildman–Crippen MR) is 88.1 cm³/mol. The standard InChI is InChI=1S/C16H15Cl2NO3/c1-9-3-4-10(8-20)5-14(9)19-16(21)11-6-12(17)15(22-2)13(18)7-11/h3-7,20H,8H2,1-2H3,(H,19,21). The van der Waals surface area contributed by atoms with Crippen LogP contribution in [-0.2, 0) is 6.61 Å². The number of carbonyl (C=O) groups excluding carboxylic acids is 1. The van der Waals surface area contributed by atoms with Crippen LogP contribution < -0.4 is 10.1 Å². The molecule has 4 nitrogen and oxygen atoms in total. The van der Waals surface area contributed by atoms with Gasteiger partial charge in [0.15, 0.2) is 5.75 Å². The number of aryl methyl sites for hydroxylation is 1. The summed E-state index contributed by atoms with van der Waals surface area (Å²) in [5.41, 5.74) is 2.55. The third-order valence-electron chi connectivity index (χ3n) is 3.20. The van der Waals surface area contributed by atoms with Gasteiger partial charge in [-0.25, -0.2) is 0 Å². The Hall–Kier alpha value is -1.75. The van der Waals surface area contributed by atoms with Gasteiger partial charge in [-0.2, -0.15) is 0 Å². The average molecular weight is 340 g/mol. The zero-order valence-corrected chi connectivity index (χ0v) is 13.6. The Kier molecular flexibility index (Phi) is 5.29. The second-order valence-electron chi connectivity index (χ2n) is 4.73. The normalized spacial score (nSPS) is 10.4. The number of rotatable bonds is 4. The molecule has 2 aromatic carbocycles. The highest BCUT2D eigenvalue weighted by molar-refractivity contribution is 6.37. The van der Waals surface area contributed by atoms with Crippen molar-refractivity contribution in [2.24, 2.45) is 0 Å². The highest BCUT2D eigenvalue weighted by Crippen LogP contribution is 2.34. The molecule has 0 heterocycles. The molecular weight excluding hydrogens is 325 g/mol. The first kappa shape index (κ1) is 16.6. The van der Waals surface area contributed by atoms with Crippen molar-refractivity contribution in [3.05, 3.63) is 57.1 Å². The number of ether oxygens (including phenoxy) is 1. The summed E-state index contributed by atoms with van der Waals surface area (Å²) >= 11 is 12.1. The zero-order valence-electron chi connectivity index (χ0n) is 12.1. The number of carbonyl (C=O) groups is 1. The number of hydrogen-bond donors (Lipinski definition) is 2. The second-order valence-corrected chi connectivity index (χ2v) is 5.55. The molecule has 6 heteroatoms. The van der Waals surface area contributed by atoms with Crippen molar-refractivity contribution < 1.29 is 14.6 Å². The summed E-state index contributed by atoms with van der Waals surface area (Å²) in [6.45, 7) is 1.77. The Morgan fingerprint density at radius 2 is 1.86 bits per heavy atom. The van der Waals surface area contributed by atoms with Gasteiger partial charge in [-0.15, -0.1) is 0 Å². The van der Waals surface area contributed by atoms with E-state index in [4.69, 9.17) is 27.9 Å².